The summed E-state index contributed by atoms with van der Waals surface area (Å²) in [5, 5.41) is 29.9. The Morgan fingerprint density at radius 2 is 1.69 bits per heavy atom. The van der Waals surface area contributed by atoms with Crippen LogP contribution >= 0.6 is 0 Å². The summed E-state index contributed by atoms with van der Waals surface area (Å²) >= 11 is 0. The Hall–Kier alpha value is -2.54. The average molecular weight is 435 g/mol. The number of likely N-dealkylation sites (tertiary alicyclic amines) is 1. The minimum absolute atomic E-state index is 0.356. The largest absolute Gasteiger partial charge is 0.384 e. The van der Waals surface area contributed by atoms with Gasteiger partial charge >= 0.3 is 0 Å². The summed E-state index contributed by atoms with van der Waals surface area (Å²) in [7, 11) is 2.07. The van der Waals surface area contributed by atoms with Crippen molar-refractivity contribution in [3.63, 3.8) is 0 Å². The number of hydrogen-bond donors (Lipinski definition) is 3. The van der Waals surface area contributed by atoms with Gasteiger partial charge in [0.15, 0.2) is 0 Å². The lowest BCUT2D eigenvalue weighted by Crippen LogP contribution is -2.63. The molecular formula is C26H34N4O2. The number of pyridine rings is 1. The van der Waals surface area contributed by atoms with Crippen LogP contribution in [0.2, 0.25) is 0 Å². The van der Waals surface area contributed by atoms with E-state index in [1.54, 1.807) is 26.2 Å². The van der Waals surface area contributed by atoms with Crippen LogP contribution in [0.4, 0.5) is 0 Å². The van der Waals surface area contributed by atoms with Crippen LogP contribution in [0.25, 0.3) is 11.3 Å². The number of H-pyrrole nitrogens is 1. The van der Waals surface area contributed by atoms with Gasteiger partial charge in [-0.1, -0.05) is 45.0 Å². The molecule has 0 saturated carbocycles. The molecule has 4 rings (SSSR count). The first-order valence-corrected chi connectivity index (χ1v) is 11.2. The molecule has 32 heavy (non-hydrogen) atoms. The Balaban J connectivity index is 1.80. The van der Waals surface area contributed by atoms with Crippen LogP contribution in [0, 0.1) is 5.41 Å². The van der Waals surface area contributed by atoms with Gasteiger partial charge in [0.2, 0.25) is 0 Å². The number of benzene rings is 1. The molecule has 1 atom stereocenters. The summed E-state index contributed by atoms with van der Waals surface area (Å²) in [4.78, 5) is 6.69. The Bertz CT molecular complexity index is 1090. The predicted octanol–water partition coefficient (Wildman–Crippen LogP) is 4.01. The zero-order valence-corrected chi connectivity index (χ0v) is 19.8. The molecule has 3 N–H and O–H groups in total. The highest BCUT2D eigenvalue weighted by Gasteiger charge is 2.55. The maximum Gasteiger partial charge on any atom is 0.124 e. The maximum atomic E-state index is 12.4. The van der Waals surface area contributed by atoms with Crippen LogP contribution in [-0.4, -0.2) is 50.4 Å². The van der Waals surface area contributed by atoms with E-state index in [-0.39, 0.29) is 5.41 Å². The minimum atomic E-state index is -1.20. The molecule has 1 saturated heterocycles. The molecule has 0 bridgehead atoms. The van der Waals surface area contributed by atoms with Crippen molar-refractivity contribution in [2.75, 3.05) is 20.1 Å². The van der Waals surface area contributed by atoms with E-state index in [1.165, 1.54) is 5.56 Å². The molecule has 1 aromatic carbocycles. The third kappa shape index (κ3) is 3.76. The molecular weight excluding hydrogens is 400 g/mol. The smallest absolute Gasteiger partial charge is 0.124 e. The zero-order chi connectivity index (χ0) is 23.3. The topological polar surface area (TPSA) is 85.3 Å². The van der Waals surface area contributed by atoms with E-state index in [4.69, 9.17) is 0 Å². The highest BCUT2D eigenvalue weighted by molar-refractivity contribution is 5.60. The van der Waals surface area contributed by atoms with Gasteiger partial charge < -0.3 is 15.1 Å². The molecule has 0 radical (unpaired) electrons. The molecule has 170 valence electrons. The molecule has 3 heterocycles. The third-order valence-electron chi connectivity index (χ3n) is 6.80. The Kier molecular flexibility index (Phi) is 5.52. The number of aliphatic hydroxyl groups is 2. The molecule has 2 aromatic heterocycles. The number of nitrogens with zero attached hydrogens (tertiary/aromatic N) is 3. The standard InChI is InChI=1S/C26H34N4O2/c1-17(2)18-7-9-20(10-8-18)26(32,25(5)15-30(6)16-25)21-11-19(13-27-14-21)22-12-23(29-28-22)24(3,4)31/h7-14,17,31-32H,15-16H2,1-6H3,(H,28,29)/t26-/m0/s1. The maximum absolute atomic E-state index is 12.4. The number of hydrogen-bond acceptors (Lipinski definition) is 5. The fraction of sp³-hybridized carbons (Fsp3) is 0.462. The quantitative estimate of drug-likeness (QED) is 0.546. The number of aromatic amines is 1. The van der Waals surface area contributed by atoms with Gasteiger partial charge in [-0.2, -0.15) is 5.10 Å². The molecule has 0 aliphatic carbocycles. The van der Waals surface area contributed by atoms with Crippen molar-refractivity contribution in [1.82, 2.24) is 20.1 Å². The van der Waals surface area contributed by atoms with Crippen LogP contribution in [0.1, 0.15) is 62.9 Å². The third-order valence-corrected chi connectivity index (χ3v) is 6.80. The monoisotopic (exact) mass is 434 g/mol. The van der Waals surface area contributed by atoms with Crippen LogP contribution < -0.4 is 0 Å². The Labute approximate surface area is 190 Å². The van der Waals surface area contributed by atoms with Crippen LogP contribution in [-0.2, 0) is 11.2 Å². The van der Waals surface area contributed by atoms with E-state index in [2.05, 4.69) is 60.0 Å². The van der Waals surface area contributed by atoms with E-state index in [9.17, 15) is 10.2 Å². The van der Waals surface area contributed by atoms with E-state index < -0.39 is 11.2 Å². The summed E-state index contributed by atoms with van der Waals surface area (Å²) in [6.45, 7) is 11.5. The highest BCUT2D eigenvalue weighted by atomic mass is 16.3. The lowest BCUT2D eigenvalue weighted by Gasteiger charge is -2.55. The summed E-state index contributed by atoms with van der Waals surface area (Å²) in [5.41, 5.74) is 2.40. The van der Waals surface area contributed by atoms with Crippen molar-refractivity contribution in [3.05, 3.63) is 71.2 Å². The van der Waals surface area contributed by atoms with E-state index in [1.807, 2.05) is 24.3 Å². The summed E-state index contributed by atoms with van der Waals surface area (Å²) in [6.07, 6.45) is 3.50. The minimum Gasteiger partial charge on any atom is -0.384 e. The van der Waals surface area contributed by atoms with Crippen molar-refractivity contribution in [1.29, 1.82) is 0 Å². The molecule has 0 spiro atoms. The summed E-state index contributed by atoms with van der Waals surface area (Å²) < 4.78 is 0. The number of rotatable bonds is 6. The highest BCUT2D eigenvalue weighted by Crippen LogP contribution is 2.50. The van der Waals surface area contributed by atoms with Gasteiger partial charge in [0.25, 0.3) is 0 Å². The molecule has 3 aromatic rings. The second kappa shape index (κ2) is 7.80. The molecule has 6 heteroatoms. The van der Waals surface area contributed by atoms with E-state index in [0.717, 1.165) is 29.8 Å². The van der Waals surface area contributed by atoms with Crippen LogP contribution in [0.3, 0.4) is 0 Å². The van der Waals surface area contributed by atoms with Gasteiger partial charge in [-0.15, -0.1) is 0 Å². The SMILES string of the molecule is CC(C)c1ccc([C@](O)(c2cncc(-c3cc(C(C)(C)O)[nH]n3)c2)C2(C)CN(C)C2)cc1. The van der Waals surface area contributed by atoms with E-state index in [0.29, 0.717) is 17.3 Å². The van der Waals surface area contributed by atoms with Gasteiger partial charge in [0.05, 0.1) is 11.4 Å². The molecule has 1 fully saturated rings. The number of nitrogens with one attached hydrogen (secondary N) is 1. The second-order valence-electron chi connectivity index (χ2n) is 10.4. The fourth-order valence-electron chi connectivity index (χ4n) is 4.91. The van der Waals surface area contributed by atoms with Gasteiger partial charge in [0, 0.05) is 42.0 Å². The molecule has 0 amide bonds. The first-order chi connectivity index (χ1) is 14.9. The van der Waals surface area contributed by atoms with Crippen molar-refractivity contribution in [2.45, 2.75) is 51.7 Å². The average Bonchev–Trinajstić information content (AvgIpc) is 3.23. The van der Waals surface area contributed by atoms with E-state index >= 15 is 0 Å². The molecule has 1 aliphatic rings. The summed E-state index contributed by atoms with van der Waals surface area (Å²) in [5.74, 6) is 0.428. The van der Waals surface area contributed by atoms with Gasteiger partial charge in [-0.25, -0.2) is 0 Å². The normalized spacial score (nSPS) is 18.4. The predicted molar refractivity (Wildman–Crippen MR) is 126 cm³/mol. The first kappa shape index (κ1) is 22.6. The van der Waals surface area contributed by atoms with Crippen molar-refractivity contribution in [3.8, 4) is 11.3 Å². The van der Waals surface area contributed by atoms with Crippen molar-refractivity contribution in [2.24, 2.45) is 5.41 Å². The molecule has 6 nitrogen and oxygen atoms in total. The molecule has 1 aliphatic heterocycles. The van der Waals surface area contributed by atoms with Crippen molar-refractivity contribution < 1.29 is 10.2 Å². The molecule has 0 unspecified atom stereocenters. The zero-order valence-electron chi connectivity index (χ0n) is 19.8. The Morgan fingerprint density at radius 3 is 2.22 bits per heavy atom. The fourth-order valence-corrected chi connectivity index (χ4v) is 4.91. The Morgan fingerprint density at radius 1 is 1.03 bits per heavy atom. The summed E-state index contributed by atoms with van der Waals surface area (Å²) in [6, 6.07) is 12.1. The van der Waals surface area contributed by atoms with Gasteiger partial charge in [-0.05, 0) is 50.1 Å². The van der Waals surface area contributed by atoms with Crippen LogP contribution in [0.15, 0.2) is 48.8 Å². The van der Waals surface area contributed by atoms with Gasteiger partial charge in [0.1, 0.15) is 11.2 Å². The lowest BCUT2D eigenvalue weighted by atomic mass is 9.62. The lowest BCUT2D eigenvalue weighted by molar-refractivity contribution is -0.127. The van der Waals surface area contributed by atoms with Gasteiger partial charge in [-0.3, -0.25) is 10.1 Å². The van der Waals surface area contributed by atoms with Crippen LogP contribution in [0.5, 0.6) is 0 Å². The first-order valence-electron chi connectivity index (χ1n) is 11.2. The second-order valence-corrected chi connectivity index (χ2v) is 10.4. The van der Waals surface area contributed by atoms with Crippen molar-refractivity contribution >= 4 is 0 Å². The number of aromatic nitrogens is 3.